The van der Waals surface area contributed by atoms with Crippen LogP contribution in [-0.2, 0) is 19.2 Å². The number of carboxylic acid groups (broad SMARTS) is 1. The highest BCUT2D eigenvalue weighted by atomic mass is 32.1. The number of amides is 3. The van der Waals surface area contributed by atoms with Crippen LogP contribution in [0.25, 0.3) is 0 Å². The Bertz CT molecular complexity index is 500. The molecule has 0 bridgehead atoms. The van der Waals surface area contributed by atoms with Crippen LogP contribution in [0, 0.1) is 5.92 Å². The van der Waals surface area contributed by atoms with Gasteiger partial charge < -0.3 is 31.9 Å². The van der Waals surface area contributed by atoms with E-state index in [0.717, 1.165) is 0 Å². The fourth-order valence-corrected chi connectivity index (χ4v) is 1.91. The summed E-state index contributed by atoms with van der Waals surface area (Å²) in [5, 5.41) is 25.2. The zero-order chi connectivity index (χ0) is 19.7. The van der Waals surface area contributed by atoms with Gasteiger partial charge in [0, 0.05) is 5.75 Å². The minimum absolute atomic E-state index is 0.117. The van der Waals surface area contributed by atoms with Crippen LogP contribution in [-0.4, -0.2) is 70.4 Å². The van der Waals surface area contributed by atoms with Crippen molar-refractivity contribution in [2.24, 2.45) is 11.7 Å². The predicted molar refractivity (Wildman–Crippen MR) is 92.9 cm³/mol. The van der Waals surface area contributed by atoms with E-state index in [-0.39, 0.29) is 11.7 Å². The van der Waals surface area contributed by atoms with Gasteiger partial charge in [-0.15, -0.1) is 0 Å². The number of hydrogen-bond donors (Lipinski definition) is 7. The molecule has 11 heteroatoms. The molecule has 0 radical (unpaired) electrons. The number of rotatable bonds is 10. The van der Waals surface area contributed by atoms with E-state index in [1.807, 2.05) is 0 Å². The standard InChI is InChI=1S/C14H26N4O6S/c1-6(2)10(15)12(21)16-4-9(20)18-11(7(3)19)13(22)17-8(5-25)14(23)24/h6-8,10-11,19,25H,4-5,15H2,1-3H3,(H,16,21)(H,17,22)(H,18,20)(H,23,24). The molecule has 25 heavy (non-hydrogen) atoms. The molecule has 0 saturated carbocycles. The summed E-state index contributed by atoms with van der Waals surface area (Å²) in [6.45, 7) is 4.32. The quantitative estimate of drug-likeness (QED) is 0.205. The SMILES string of the molecule is CC(C)C(N)C(=O)NCC(=O)NC(C(=O)NC(CS)C(=O)O)C(C)O. The van der Waals surface area contributed by atoms with Crippen LogP contribution in [0.15, 0.2) is 0 Å². The number of aliphatic carboxylic acids is 1. The van der Waals surface area contributed by atoms with E-state index in [0.29, 0.717) is 0 Å². The molecule has 0 fully saturated rings. The molecule has 0 aliphatic carbocycles. The van der Waals surface area contributed by atoms with Crippen molar-refractivity contribution in [3.63, 3.8) is 0 Å². The number of carboxylic acids is 1. The van der Waals surface area contributed by atoms with Gasteiger partial charge in [0.15, 0.2) is 0 Å². The van der Waals surface area contributed by atoms with Crippen LogP contribution >= 0.6 is 12.6 Å². The third kappa shape index (κ3) is 8.18. The first kappa shape index (κ1) is 23.1. The molecule has 0 rings (SSSR count). The first-order valence-electron chi connectivity index (χ1n) is 7.66. The number of nitrogens with two attached hydrogens (primary N) is 1. The molecule has 0 aliphatic heterocycles. The topological polar surface area (TPSA) is 171 Å². The molecule has 0 aromatic heterocycles. The number of hydrogen-bond acceptors (Lipinski definition) is 7. The Kier molecular flexibility index (Phi) is 10.1. The molecule has 144 valence electrons. The maximum Gasteiger partial charge on any atom is 0.327 e. The molecule has 3 amide bonds. The zero-order valence-corrected chi connectivity index (χ0v) is 15.2. The third-order valence-electron chi connectivity index (χ3n) is 3.32. The highest BCUT2D eigenvalue weighted by Crippen LogP contribution is 1.98. The lowest BCUT2D eigenvalue weighted by Crippen LogP contribution is -2.57. The van der Waals surface area contributed by atoms with Crippen molar-refractivity contribution < 1.29 is 29.4 Å². The minimum atomic E-state index is -1.38. The highest BCUT2D eigenvalue weighted by Gasteiger charge is 2.29. The van der Waals surface area contributed by atoms with Crippen LogP contribution in [0.4, 0.5) is 0 Å². The molecule has 7 N–H and O–H groups in total. The van der Waals surface area contributed by atoms with Gasteiger partial charge in [0.1, 0.15) is 12.1 Å². The number of nitrogens with one attached hydrogen (secondary N) is 3. The van der Waals surface area contributed by atoms with Crippen LogP contribution in [0.5, 0.6) is 0 Å². The summed E-state index contributed by atoms with van der Waals surface area (Å²) < 4.78 is 0. The fraction of sp³-hybridized carbons (Fsp3) is 0.714. The van der Waals surface area contributed by atoms with E-state index in [1.54, 1.807) is 13.8 Å². The molecule has 0 aromatic carbocycles. The number of thiol groups is 1. The van der Waals surface area contributed by atoms with Crippen molar-refractivity contribution in [3.05, 3.63) is 0 Å². The molecule has 4 unspecified atom stereocenters. The average molecular weight is 378 g/mol. The molecule has 0 heterocycles. The van der Waals surface area contributed by atoms with Gasteiger partial charge in [-0.25, -0.2) is 4.79 Å². The third-order valence-corrected chi connectivity index (χ3v) is 3.69. The second kappa shape index (κ2) is 10.9. The van der Waals surface area contributed by atoms with E-state index >= 15 is 0 Å². The number of carbonyl (C=O) groups is 4. The summed E-state index contributed by atoms with van der Waals surface area (Å²) in [5.74, 6) is -3.71. The van der Waals surface area contributed by atoms with Crippen LogP contribution in [0.1, 0.15) is 20.8 Å². The van der Waals surface area contributed by atoms with Gasteiger partial charge in [-0.2, -0.15) is 12.6 Å². The summed E-state index contributed by atoms with van der Waals surface area (Å²) in [6.07, 6.45) is -1.29. The van der Waals surface area contributed by atoms with Crippen LogP contribution in [0.2, 0.25) is 0 Å². The fourth-order valence-electron chi connectivity index (χ4n) is 1.66. The smallest absolute Gasteiger partial charge is 0.327 e. The Morgan fingerprint density at radius 1 is 1.08 bits per heavy atom. The van der Waals surface area contributed by atoms with Crippen LogP contribution < -0.4 is 21.7 Å². The van der Waals surface area contributed by atoms with Crippen LogP contribution in [0.3, 0.4) is 0 Å². The predicted octanol–water partition coefficient (Wildman–Crippen LogP) is -2.55. The summed E-state index contributed by atoms with van der Waals surface area (Å²) in [7, 11) is 0. The van der Waals surface area contributed by atoms with Crippen molar-refractivity contribution in [2.75, 3.05) is 12.3 Å². The zero-order valence-electron chi connectivity index (χ0n) is 14.4. The van der Waals surface area contributed by atoms with Gasteiger partial charge >= 0.3 is 5.97 Å². The van der Waals surface area contributed by atoms with Gasteiger partial charge in [0.2, 0.25) is 17.7 Å². The Labute approximate surface area is 151 Å². The number of carbonyl (C=O) groups excluding carboxylic acids is 3. The van der Waals surface area contributed by atoms with Gasteiger partial charge in [-0.3, -0.25) is 14.4 Å². The normalized spacial score (nSPS) is 15.6. The van der Waals surface area contributed by atoms with Crippen molar-refractivity contribution in [2.45, 2.75) is 45.0 Å². The monoisotopic (exact) mass is 378 g/mol. The second-order valence-corrected chi connectivity index (χ2v) is 6.22. The van der Waals surface area contributed by atoms with E-state index in [1.165, 1.54) is 6.92 Å². The van der Waals surface area contributed by atoms with Crippen molar-refractivity contribution in [1.29, 1.82) is 0 Å². The molecule has 0 aliphatic rings. The van der Waals surface area contributed by atoms with Crippen molar-refractivity contribution >= 4 is 36.3 Å². The molecule has 0 aromatic rings. The first-order chi connectivity index (χ1) is 11.5. The number of aliphatic hydroxyl groups excluding tert-OH is 1. The summed E-state index contributed by atoms with van der Waals surface area (Å²) in [6, 6.07) is -3.43. The second-order valence-electron chi connectivity index (χ2n) is 5.86. The summed E-state index contributed by atoms with van der Waals surface area (Å²) >= 11 is 3.81. The summed E-state index contributed by atoms with van der Waals surface area (Å²) in [5.41, 5.74) is 5.63. The van der Waals surface area contributed by atoms with E-state index in [4.69, 9.17) is 10.8 Å². The van der Waals surface area contributed by atoms with E-state index in [9.17, 15) is 24.3 Å². The Balaban J connectivity index is 4.70. The molecular formula is C14H26N4O6S. The molecule has 0 spiro atoms. The Morgan fingerprint density at radius 2 is 1.64 bits per heavy atom. The summed E-state index contributed by atoms with van der Waals surface area (Å²) in [4.78, 5) is 46.5. The first-order valence-corrected chi connectivity index (χ1v) is 8.29. The Hall–Kier alpha value is -1.85. The highest BCUT2D eigenvalue weighted by molar-refractivity contribution is 7.80. The minimum Gasteiger partial charge on any atom is -0.480 e. The average Bonchev–Trinajstić information content (AvgIpc) is 2.53. The van der Waals surface area contributed by atoms with Gasteiger partial charge in [-0.05, 0) is 12.8 Å². The largest absolute Gasteiger partial charge is 0.480 e. The van der Waals surface area contributed by atoms with Crippen molar-refractivity contribution in [3.8, 4) is 0 Å². The maximum atomic E-state index is 12.0. The lowest BCUT2D eigenvalue weighted by Gasteiger charge is -2.23. The molecule has 10 nitrogen and oxygen atoms in total. The van der Waals surface area contributed by atoms with Gasteiger partial charge in [-0.1, -0.05) is 13.8 Å². The van der Waals surface area contributed by atoms with Gasteiger partial charge in [0.05, 0.1) is 18.7 Å². The van der Waals surface area contributed by atoms with E-state index < -0.39 is 54.5 Å². The molecule has 4 atom stereocenters. The number of aliphatic hydroxyl groups is 1. The van der Waals surface area contributed by atoms with Crippen molar-refractivity contribution in [1.82, 2.24) is 16.0 Å². The molecule has 0 saturated heterocycles. The lowest BCUT2D eigenvalue weighted by molar-refractivity contribution is -0.142. The molecular weight excluding hydrogens is 352 g/mol. The van der Waals surface area contributed by atoms with Gasteiger partial charge in [0.25, 0.3) is 0 Å². The Morgan fingerprint density at radius 3 is 2.04 bits per heavy atom. The maximum absolute atomic E-state index is 12.0. The lowest BCUT2D eigenvalue weighted by atomic mass is 10.1. The van der Waals surface area contributed by atoms with E-state index in [2.05, 4.69) is 28.6 Å².